The van der Waals surface area contributed by atoms with E-state index < -0.39 is 52.5 Å². The van der Waals surface area contributed by atoms with Crippen LogP contribution in [0.25, 0.3) is 6.08 Å². The lowest BCUT2D eigenvalue weighted by molar-refractivity contribution is -0.0543. The molecule has 4 atom stereocenters. The highest BCUT2D eigenvalue weighted by atomic mass is 35.5. The van der Waals surface area contributed by atoms with Crippen LogP contribution in [0.3, 0.4) is 0 Å². The number of halogens is 1. The van der Waals surface area contributed by atoms with Crippen molar-refractivity contribution in [3.63, 3.8) is 0 Å². The minimum Gasteiger partial charge on any atom is -0.394 e. The number of aromatic nitrogens is 2. The summed E-state index contributed by atoms with van der Waals surface area (Å²) in [6, 6.07) is 0. The minimum atomic E-state index is -3.95. The minimum absolute atomic E-state index is 0.00781. The Hall–Kier alpha value is -1.50. The van der Waals surface area contributed by atoms with Crippen molar-refractivity contribution >= 4 is 27.8 Å². The second kappa shape index (κ2) is 7.17. The molecule has 1 saturated heterocycles. The third kappa shape index (κ3) is 3.94. The number of nitrogens with zero attached hydrogens (tertiary/aromatic N) is 1. The Balaban J connectivity index is 2.44. The molecule has 0 bridgehead atoms. The summed E-state index contributed by atoms with van der Waals surface area (Å²) in [5.74, 6) is 0. The van der Waals surface area contributed by atoms with Crippen molar-refractivity contribution in [1.82, 2.24) is 9.55 Å². The third-order valence-corrected chi connectivity index (χ3v) is 3.99. The molecule has 0 radical (unpaired) electrons. The van der Waals surface area contributed by atoms with Gasteiger partial charge in [-0.25, -0.2) is 4.79 Å². The first-order chi connectivity index (χ1) is 11.2. The summed E-state index contributed by atoms with van der Waals surface area (Å²) in [6.07, 6.45) is -2.49. The molecule has 24 heavy (non-hydrogen) atoms. The summed E-state index contributed by atoms with van der Waals surface area (Å²) < 4.78 is 33.4. The fourth-order valence-electron chi connectivity index (χ4n) is 2.29. The van der Waals surface area contributed by atoms with Gasteiger partial charge in [0.15, 0.2) is 6.23 Å². The van der Waals surface area contributed by atoms with E-state index in [4.69, 9.17) is 20.5 Å². The average molecular weight is 383 g/mol. The van der Waals surface area contributed by atoms with Crippen LogP contribution in [0, 0.1) is 0 Å². The molecule has 0 spiro atoms. The predicted octanol–water partition coefficient (Wildman–Crippen LogP) is -1.66. The molecule has 2 rings (SSSR count). The molecule has 10 nitrogen and oxygen atoms in total. The van der Waals surface area contributed by atoms with Crippen LogP contribution in [0.2, 0.25) is 0 Å². The lowest BCUT2D eigenvalue weighted by Gasteiger charge is -2.19. The summed E-state index contributed by atoms with van der Waals surface area (Å²) in [5, 5.41) is 19.5. The standard InChI is InChI=1S/C12H15ClN2O8S/c1-24(20,21)23-9-7(5-16)22-11(8(9)17)15-4-6(2-3-13)10(18)14-12(15)19/h2-4,7-9,11,16-17H,5H2,1H3,(H,14,18,19)/b3-2+/t7-,8-,9+,11-/m1/s1. The third-order valence-electron chi connectivity index (χ3n) is 3.29. The number of nitrogens with one attached hydrogen (secondary N) is 1. The molecule has 0 unspecified atom stereocenters. The topological polar surface area (TPSA) is 148 Å². The molecule has 1 aliphatic heterocycles. The van der Waals surface area contributed by atoms with Crippen molar-refractivity contribution < 1.29 is 27.6 Å². The van der Waals surface area contributed by atoms with Crippen molar-refractivity contribution in [3.05, 3.63) is 38.1 Å². The van der Waals surface area contributed by atoms with Gasteiger partial charge in [-0.1, -0.05) is 11.6 Å². The van der Waals surface area contributed by atoms with E-state index in [-0.39, 0.29) is 5.56 Å². The summed E-state index contributed by atoms with van der Waals surface area (Å²) in [7, 11) is -3.95. The Bertz CT molecular complexity index is 845. The van der Waals surface area contributed by atoms with Gasteiger partial charge in [-0.2, -0.15) is 8.42 Å². The molecule has 12 heteroatoms. The number of ether oxygens (including phenoxy) is 1. The van der Waals surface area contributed by atoms with Crippen LogP contribution in [0.4, 0.5) is 0 Å². The fraction of sp³-hybridized carbons (Fsp3) is 0.500. The SMILES string of the molecule is CS(=O)(=O)O[C@@H]1[C@@H](O)[C@H](n2cc(/C=C/Cl)c(=O)[nH]c2=O)O[C@@H]1CO. The Kier molecular flexibility index (Phi) is 5.63. The normalized spacial score (nSPS) is 27.8. The summed E-state index contributed by atoms with van der Waals surface area (Å²) in [4.78, 5) is 25.6. The highest BCUT2D eigenvalue weighted by molar-refractivity contribution is 7.86. The van der Waals surface area contributed by atoms with E-state index in [2.05, 4.69) is 0 Å². The lowest BCUT2D eigenvalue weighted by atomic mass is 10.1. The number of aromatic amines is 1. The molecule has 1 aromatic rings. The van der Waals surface area contributed by atoms with E-state index in [1.807, 2.05) is 4.98 Å². The smallest absolute Gasteiger partial charge is 0.330 e. The van der Waals surface area contributed by atoms with E-state index in [0.29, 0.717) is 0 Å². The monoisotopic (exact) mass is 382 g/mol. The second-order valence-electron chi connectivity index (χ2n) is 5.05. The molecular formula is C12H15ClN2O8S. The summed E-state index contributed by atoms with van der Waals surface area (Å²) in [5.41, 5.74) is -0.540. The Morgan fingerprint density at radius 2 is 2.17 bits per heavy atom. The van der Waals surface area contributed by atoms with Crippen LogP contribution < -0.4 is 11.2 Å². The number of hydrogen-bond donors (Lipinski definition) is 3. The zero-order chi connectivity index (χ0) is 18.1. The highest BCUT2D eigenvalue weighted by Crippen LogP contribution is 2.31. The van der Waals surface area contributed by atoms with Gasteiger partial charge in [0.1, 0.15) is 18.3 Å². The van der Waals surface area contributed by atoms with E-state index in [1.54, 1.807) is 0 Å². The van der Waals surface area contributed by atoms with Gasteiger partial charge < -0.3 is 14.9 Å². The van der Waals surface area contributed by atoms with E-state index in [1.165, 1.54) is 6.08 Å². The molecule has 1 aromatic heterocycles. The van der Waals surface area contributed by atoms with Gasteiger partial charge in [0.25, 0.3) is 15.7 Å². The van der Waals surface area contributed by atoms with Crippen molar-refractivity contribution in [2.75, 3.05) is 12.9 Å². The van der Waals surface area contributed by atoms with E-state index in [0.717, 1.165) is 22.6 Å². The Morgan fingerprint density at radius 3 is 2.71 bits per heavy atom. The second-order valence-corrected chi connectivity index (χ2v) is 6.90. The first-order valence-electron chi connectivity index (χ1n) is 6.63. The van der Waals surface area contributed by atoms with Crippen LogP contribution >= 0.6 is 11.6 Å². The van der Waals surface area contributed by atoms with Crippen LogP contribution in [-0.2, 0) is 19.0 Å². The fourth-order valence-corrected chi connectivity index (χ4v) is 3.07. The molecule has 0 aromatic carbocycles. The molecule has 134 valence electrons. The molecule has 0 aliphatic carbocycles. The molecule has 2 heterocycles. The van der Waals surface area contributed by atoms with Crippen LogP contribution in [0.5, 0.6) is 0 Å². The molecule has 1 fully saturated rings. The van der Waals surface area contributed by atoms with E-state index >= 15 is 0 Å². The summed E-state index contributed by atoms with van der Waals surface area (Å²) >= 11 is 5.41. The maximum absolute atomic E-state index is 12.0. The zero-order valence-corrected chi connectivity index (χ0v) is 13.9. The number of rotatable bonds is 5. The van der Waals surface area contributed by atoms with Gasteiger partial charge >= 0.3 is 5.69 Å². The van der Waals surface area contributed by atoms with Gasteiger partial charge in [0, 0.05) is 11.7 Å². The maximum Gasteiger partial charge on any atom is 0.330 e. The molecule has 0 saturated carbocycles. The first kappa shape index (κ1) is 18.8. The number of hydrogen-bond acceptors (Lipinski definition) is 8. The Labute approximate surface area is 141 Å². The van der Waals surface area contributed by atoms with Crippen molar-refractivity contribution in [2.24, 2.45) is 0 Å². The van der Waals surface area contributed by atoms with Crippen molar-refractivity contribution in [2.45, 2.75) is 24.5 Å². The number of H-pyrrole nitrogens is 1. The van der Waals surface area contributed by atoms with Crippen LogP contribution in [-0.4, -0.2) is 59.4 Å². The zero-order valence-electron chi connectivity index (χ0n) is 12.3. The van der Waals surface area contributed by atoms with Gasteiger partial charge in [0.2, 0.25) is 0 Å². The van der Waals surface area contributed by atoms with E-state index in [9.17, 15) is 28.2 Å². The largest absolute Gasteiger partial charge is 0.394 e. The molecular weight excluding hydrogens is 368 g/mol. The van der Waals surface area contributed by atoms with Gasteiger partial charge in [-0.3, -0.25) is 18.5 Å². The highest BCUT2D eigenvalue weighted by Gasteiger charge is 2.47. The maximum atomic E-state index is 12.0. The van der Waals surface area contributed by atoms with Crippen LogP contribution in [0.1, 0.15) is 11.8 Å². The lowest BCUT2D eigenvalue weighted by Crippen LogP contribution is -2.40. The quantitative estimate of drug-likeness (QED) is 0.512. The van der Waals surface area contributed by atoms with Crippen LogP contribution in [0.15, 0.2) is 21.3 Å². The van der Waals surface area contributed by atoms with Gasteiger partial charge in [-0.05, 0) is 6.08 Å². The average Bonchev–Trinajstić information content (AvgIpc) is 2.77. The molecule has 1 aliphatic rings. The first-order valence-corrected chi connectivity index (χ1v) is 8.88. The van der Waals surface area contributed by atoms with Crippen molar-refractivity contribution in [1.29, 1.82) is 0 Å². The molecule has 3 N–H and O–H groups in total. The predicted molar refractivity (Wildman–Crippen MR) is 82.9 cm³/mol. The summed E-state index contributed by atoms with van der Waals surface area (Å²) in [6.45, 7) is -0.652. The van der Waals surface area contributed by atoms with Crippen molar-refractivity contribution in [3.8, 4) is 0 Å². The molecule has 0 amide bonds. The van der Waals surface area contributed by atoms with Gasteiger partial charge in [-0.15, -0.1) is 0 Å². The number of aliphatic hydroxyl groups excluding tert-OH is 2. The Morgan fingerprint density at radius 1 is 1.50 bits per heavy atom. The number of aliphatic hydroxyl groups is 2. The van der Waals surface area contributed by atoms with Gasteiger partial charge in [0.05, 0.1) is 18.4 Å².